The molecule has 0 radical (unpaired) electrons. The summed E-state index contributed by atoms with van der Waals surface area (Å²) in [6, 6.07) is 0. The first-order valence-corrected chi connectivity index (χ1v) is 6.15. The van der Waals surface area contributed by atoms with Gasteiger partial charge in [0.2, 0.25) is 0 Å². The molecule has 1 atom stereocenters. The standard InChI is InChI=1S/C10H15IN2O/c1-8-7-13(12-10(8)11)5-4-9-3-2-6-14-9/h7,9H,2-6H2,1H3. The van der Waals surface area contributed by atoms with Crippen LogP contribution in [0.1, 0.15) is 24.8 Å². The van der Waals surface area contributed by atoms with E-state index >= 15 is 0 Å². The van der Waals surface area contributed by atoms with Gasteiger partial charge in [-0.2, -0.15) is 5.10 Å². The van der Waals surface area contributed by atoms with Crippen molar-refractivity contribution in [1.82, 2.24) is 9.78 Å². The molecule has 2 heterocycles. The van der Waals surface area contributed by atoms with Crippen LogP contribution in [0.2, 0.25) is 0 Å². The van der Waals surface area contributed by atoms with Crippen LogP contribution in [-0.4, -0.2) is 22.5 Å². The van der Waals surface area contributed by atoms with Crippen molar-refractivity contribution in [2.75, 3.05) is 6.61 Å². The zero-order chi connectivity index (χ0) is 9.97. The lowest BCUT2D eigenvalue weighted by molar-refractivity contribution is 0.0994. The molecule has 14 heavy (non-hydrogen) atoms. The zero-order valence-corrected chi connectivity index (χ0v) is 10.5. The summed E-state index contributed by atoms with van der Waals surface area (Å²) in [6.07, 6.45) is 6.11. The minimum atomic E-state index is 0.470. The highest BCUT2D eigenvalue weighted by Gasteiger charge is 2.15. The van der Waals surface area contributed by atoms with Crippen molar-refractivity contribution in [3.63, 3.8) is 0 Å². The number of hydrogen-bond donors (Lipinski definition) is 0. The summed E-state index contributed by atoms with van der Waals surface area (Å²) < 4.78 is 8.70. The Morgan fingerprint density at radius 1 is 1.71 bits per heavy atom. The van der Waals surface area contributed by atoms with E-state index in [4.69, 9.17) is 4.74 Å². The molecule has 4 heteroatoms. The Hall–Kier alpha value is -0.100. The average Bonchev–Trinajstić information content (AvgIpc) is 2.74. The first-order chi connectivity index (χ1) is 6.75. The summed E-state index contributed by atoms with van der Waals surface area (Å²) in [6.45, 7) is 4.02. The Bertz CT molecular complexity index is 286. The van der Waals surface area contributed by atoms with Crippen LogP contribution in [0.4, 0.5) is 0 Å². The van der Waals surface area contributed by atoms with Crippen LogP contribution >= 0.6 is 22.6 Å². The van der Waals surface area contributed by atoms with Crippen molar-refractivity contribution < 1.29 is 4.74 Å². The third-order valence-corrected chi connectivity index (χ3v) is 3.66. The SMILES string of the molecule is Cc1cn(CCC2CCCO2)nc1I. The first kappa shape index (κ1) is 10.4. The highest BCUT2D eigenvalue weighted by molar-refractivity contribution is 14.1. The van der Waals surface area contributed by atoms with Crippen molar-refractivity contribution in [3.05, 3.63) is 15.5 Å². The van der Waals surface area contributed by atoms with E-state index in [1.165, 1.54) is 18.4 Å². The Balaban J connectivity index is 1.85. The predicted molar refractivity (Wildman–Crippen MR) is 63.3 cm³/mol. The molecule has 0 bridgehead atoms. The number of aromatic nitrogens is 2. The fourth-order valence-corrected chi connectivity index (χ4v) is 2.18. The lowest BCUT2D eigenvalue weighted by Crippen LogP contribution is -2.10. The van der Waals surface area contributed by atoms with Gasteiger partial charge in [0.1, 0.15) is 3.70 Å². The van der Waals surface area contributed by atoms with E-state index < -0.39 is 0 Å². The molecular weight excluding hydrogens is 291 g/mol. The molecule has 1 aromatic heterocycles. The fraction of sp³-hybridized carbons (Fsp3) is 0.700. The minimum absolute atomic E-state index is 0.470. The smallest absolute Gasteiger partial charge is 0.126 e. The van der Waals surface area contributed by atoms with Crippen LogP contribution in [0.3, 0.4) is 0 Å². The molecule has 1 unspecified atom stereocenters. The van der Waals surface area contributed by atoms with Crippen LogP contribution in [0, 0.1) is 10.6 Å². The van der Waals surface area contributed by atoms with E-state index in [1.54, 1.807) is 0 Å². The number of aryl methyl sites for hydroxylation is 2. The maximum Gasteiger partial charge on any atom is 0.126 e. The Labute approximate surface area is 98.0 Å². The van der Waals surface area contributed by atoms with E-state index in [9.17, 15) is 0 Å². The molecule has 0 N–H and O–H groups in total. The van der Waals surface area contributed by atoms with Gasteiger partial charge < -0.3 is 4.74 Å². The lowest BCUT2D eigenvalue weighted by atomic mass is 10.2. The number of halogens is 1. The quantitative estimate of drug-likeness (QED) is 0.802. The van der Waals surface area contributed by atoms with Crippen molar-refractivity contribution in [2.45, 2.75) is 38.8 Å². The molecule has 1 aliphatic rings. The summed E-state index contributed by atoms with van der Waals surface area (Å²) in [7, 11) is 0. The van der Waals surface area contributed by atoms with Gasteiger partial charge in [-0.1, -0.05) is 0 Å². The van der Waals surface area contributed by atoms with Gasteiger partial charge in [-0.05, 0) is 48.8 Å². The van der Waals surface area contributed by atoms with Crippen LogP contribution in [-0.2, 0) is 11.3 Å². The van der Waals surface area contributed by atoms with Gasteiger partial charge in [0.25, 0.3) is 0 Å². The molecule has 1 saturated heterocycles. The van der Waals surface area contributed by atoms with Gasteiger partial charge in [0, 0.05) is 24.9 Å². The molecule has 1 aliphatic heterocycles. The van der Waals surface area contributed by atoms with Crippen molar-refractivity contribution in [2.24, 2.45) is 0 Å². The minimum Gasteiger partial charge on any atom is -0.378 e. The van der Waals surface area contributed by atoms with Gasteiger partial charge >= 0.3 is 0 Å². The normalized spacial score (nSPS) is 21.7. The van der Waals surface area contributed by atoms with Crippen molar-refractivity contribution in [1.29, 1.82) is 0 Å². The van der Waals surface area contributed by atoms with Gasteiger partial charge in [-0.15, -0.1) is 0 Å². The van der Waals surface area contributed by atoms with Crippen LogP contribution < -0.4 is 0 Å². The van der Waals surface area contributed by atoms with Gasteiger partial charge in [-0.3, -0.25) is 4.68 Å². The first-order valence-electron chi connectivity index (χ1n) is 5.07. The summed E-state index contributed by atoms with van der Waals surface area (Å²) in [5.41, 5.74) is 1.26. The third-order valence-electron chi connectivity index (χ3n) is 2.59. The molecule has 0 aliphatic carbocycles. The second-order valence-corrected chi connectivity index (χ2v) is 4.81. The highest BCUT2D eigenvalue weighted by atomic mass is 127. The van der Waals surface area contributed by atoms with E-state index in [0.29, 0.717) is 6.10 Å². The fourth-order valence-electron chi connectivity index (χ4n) is 1.76. The topological polar surface area (TPSA) is 27.1 Å². The number of rotatable bonds is 3. The second-order valence-electron chi connectivity index (χ2n) is 3.79. The third kappa shape index (κ3) is 2.48. The zero-order valence-electron chi connectivity index (χ0n) is 8.37. The Morgan fingerprint density at radius 2 is 2.57 bits per heavy atom. The summed E-state index contributed by atoms with van der Waals surface area (Å²) in [5.74, 6) is 0. The van der Waals surface area contributed by atoms with Gasteiger partial charge in [0.15, 0.2) is 0 Å². The van der Waals surface area contributed by atoms with E-state index in [0.717, 1.165) is 23.3 Å². The van der Waals surface area contributed by atoms with E-state index in [1.807, 2.05) is 4.68 Å². The number of ether oxygens (including phenoxy) is 1. The molecule has 1 aromatic rings. The van der Waals surface area contributed by atoms with Crippen LogP contribution in [0.5, 0.6) is 0 Å². The van der Waals surface area contributed by atoms with Crippen molar-refractivity contribution >= 4 is 22.6 Å². The van der Waals surface area contributed by atoms with E-state index in [-0.39, 0.29) is 0 Å². The predicted octanol–water partition coefficient (Wildman–Crippen LogP) is 2.37. The molecule has 78 valence electrons. The number of hydrogen-bond acceptors (Lipinski definition) is 2. The van der Waals surface area contributed by atoms with Crippen LogP contribution in [0.25, 0.3) is 0 Å². The molecule has 2 rings (SSSR count). The maximum absolute atomic E-state index is 5.57. The van der Waals surface area contributed by atoms with Crippen molar-refractivity contribution in [3.8, 4) is 0 Å². The summed E-state index contributed by atoms with van der Waals surface area (Å²) in [5, 5.41) is 4.42. The van der Waals surface area contributed by atoms with Gasteiger partial charge in [0.05, 0.1) is 6.10 Å². The summed E-state index contributed by atoms with van der Waals surface area (Å²) >= 11 is 2.27. The van der Waals surface area contributed by atoms with E-state index in [2.05, 4.69) is 40.8 Å². The number of nitrogens with zero attached hydrogens (tertiary/aromatic N) is 2. The Morgan fingerprint density at radius 3 is 3.14 bits per heavy atom. The molecule has 0 saturated carbocycles. The highest BCUT2D eigenvalue weighted by Crippen LogP contribution is 2.16. The van der Waals surface area contributed by atoms with Crippen LogP contribution in [0.15, 0.2) is 6.20 Å². The summed E-state index contributed by atoms with van der Waals surface area (Å²) in [4.78, 5) is 0. The maximum atomic E-state index is 5.57. The molecule has 0 aromatic carbocycles. The largest absolute Gasteiger partial charge is 0.378 e. The molecule has 3 nitrogen and oxygen atoms in total. The van der Waals surface area contributed by atoms with Gasteiger partial charge in [-0.25, -0.2) is 0 Å². The molecule has 0 amide bonds. The molecular formula is C10H15IN2O. The average molecular weight is 306 g/mol. The second kappa shape index (κ2) is 4.61. The lowest BCUT2D eigenvalue weighted by Gasteiger charge is -2.08. The Kier molecular flexibility index (Phi) is 3.43. The monoisotopic (exact) mass is 306 g/mol. The molecule has 1 fully saturated rings. The molecule has 0 spiro atoms.